The van der Waals surface area contributed by atoms with E-state index < -0.39 is 23.5 Å². The Morgan fingerprint density at radius 3 is 2.43 bits per heavy atom. The quantitative estimate of drug-likeness (QED) is 0.640. The number of amides is 3. The number of benzene rings is 2. The lowest BCUT2D eigenvalue weighted by molar-refractivity contribution is 0.0566. The Bertz CT molecular complexity index is 801. The second-order valence-electron chi connectivity index (χ2n) is 4.53. The summed E-state index contributed by atoms with van der Waals surface area (Å²) in [6, 6.07) is 9.21. The zero-order valence-electron chi connectivity index (χ0n) is 10.7. The monoisotopic (exact) mass is 284 g/mol. The van der Waals surface area contributed by atoms with Crippen molar-refractivity contribution in [3.05, 3.63) is 65.0 Å². The molecule has 0 saturated heterocycles. The topological polar surface area (TPSA) is 80.5 Å². The number of nitrogens with zero attached hydrogens (tertiary/aromatic N) is 1. The van der Waals surface area contributed by atoms with Crippen LogP contribution in [0.2, 0.25) is 0 Å². The summed E-state index contributed by atoms with van der Waals surface area (Å²) in [5.41, 5.74) is 5.80. The van der Waals surface area contributed by atoms with Crippen molar-refractivity contribution in [3.63, 3.8) is 0 Å². The molecular formula is C15H9FN2O3. The lowest BCUT2D eigenvalue weighted by atomic mass is 10.1. The maximum absolute atomic E-state index is 13.2. The fourth-order valence-corrected chi connectivity index (χ4v) is 2.25. The highest BCUT2D eigenvalue weighted by Gasteiger charge is 2.41. The molecule has 6 heteroatoms. The van der Waals surface area contributed by atoms with E-state index in [1.165, 1.54) is 30.3 Å². The van der Waals surface area contributed by atoms with Gasteiger partial charge in [-0.25, -0.2) is 9.29 Å². The van der Waals surface area contributed by atoms with Crippen LogP contribution in [-0.4, -0.2) is 22.6 Å². The van der Waals surface area contributed by atoms with Crippen molar-refractivity contribution in [3.8, 4) is 0 Å². The molecular weight excluding hydrogens is 275 g/mol. The third-order valence-corrected chi connectivity index (χ3v) is 3.22. The van der Waals surface area contributed by atoms with Crippen molar-refractivity contribution in [2.45, 2.75) is 0 Å². The minimum atomic E-state index is -0.875. The molecule has 0 saturated carbocycles. The first-order valence-corrected chi connectivity index (χ1v) is 6.08. The number of imide groups is 3. The first-order chi connectivity index (χ1) is 10.0. The number of rotatable bonds is 1. The van der Waals surface area contributed by atoms with E-state index in [0.717, 1.165) is 12.1 Å². The van der Waals surface area contributed by atoms with Crippen molar-refractivity contribution in [1.29, 1.82) is 0 Å². The summed E-state index contributed by atoms with van der Waals surface area (Å²) in [5.74, 6) is -3.05. The number of hydrogen-bond acceptors (Lipinski definition) is 4. The highest BCUT2D eigenvalue weighted by molar-refractivity contribution is 6.32. The SMILES string of the molecule is Nc1cccc2c1C(=O)N(C(=O)c1cccc(F)c1)C2=O. The van der Waals surface area contributed by atoms with E-state index in [1.807, 2.05) is 0 Å². The van der Waals surface area contributed by atoms with Crippen molar-refractivity contribution in [2.24, 2.45) is 0 Å². The van der Waals surface area contributed by atoms with Gasteiger partial charge in [0.25, 0.3) is 17.7 Å². The van der Waals surface area contributed by atoms with Gasteiger partial charge in [-0.3, -0.25) is 14.4 Å². The van der Waals surface area contributed by atoms with E-state index in [0.29, 0.717) is 4.90 Å². The molecule has 5 nitrogen and oxygen atoms in total. The van der Waals surface area contributed by atoms with Gasteiger partial charge in [0.2, 0.25) is 0 Å². The molecule has 3 rings (SSSR count). The van der Waals surface area contributed by atoms with Crippen LogP contribution < -0.4 is 5.73 Å². The van der Waals surface area contributed by atoms with Crippen LogP contribution in [0.3, 0.4) is 0 Å². The van der Waals surface area contributed by atoms with Crippen LogP contribution in [0.15, 0.2) is 42.5 Å². The number of carbonyl (C=O) groups excluding carboxylic acids is 3. The molecule has 0 unspecified atom stereocenters. The molecule has 0 spiro atoms. The Morgan fingerprint density at radius 2 is 1.76 bits per heavy atom. The molecule has 2 N–H and O–H groups in total. The van der Waals surface area contributed by atoms with Gasteiger partial charge in [-0.1, -0.05) is 12.1 Å². The zero-order chi connectivity index (χ0) is 15.1. The van der Waals surface area contributed by atoms with Crippen LogP contribution in [0, 0.1) is 5.82 Å². The Balaban J connectivity index is 2.06. The van der Waals surface area contributed by atoms with E-state index >= 15 is 0 Å². The second-order valence-corrected chi connectivity index (χ2v) is 4.53. The predicted octanol–water partition coefficient (Wildman–Crippen LogP) is 1.84. The van der Waals surface area contributed by atoms with Gasteiger partial charge in [-0.15, -0.1) is 0 Å². The summed E-state index contributed by atoms with van der Waals surface area (Å²) in [5, 5.41) is 0. The molecule has 0 fully saturated rings. The van der Waals surface area contributed by atoms with Crippen molar-refractivity contribution >= 4 is 23.4 Å². The largest absolute Gasteiger partial charge is 0.398 e. The number of anilines is 1. The minimum Gasteiger partial charge on any atom is -0.398 e. The van der Waals surface area contributed by atoms with Crippen LogP contribution in [0.5, 0.6) is 0 Å². The molecule has 1 heterocycles. The zero-order valence-corrected chi connectivity index (χ0v) is 10.7. The van der Waals surface area contributed by atoms with Crippen molar-refractivity contribution in [1.82, 2.24) is 4.90 Å². The average Bonchev–Trinajstić information content (AvgIpc) is 2.71. The van der Waals surface area contributed by atoms with E-state index in [-0.39, 0.29) is 22.4 Å². The van der Waals surface area contributed by atoms with Crippen LogP contribution in [0.1, 0.15) is 31.1 Å². The summed E-state index contributed by atoms with van der Waals surface area (Å²) in [6.45, 7) is 0. The molecule has 1 aliphatic heterocycles. The number of hydrogen-bond donors (Lipinski definition) is 1. The number of nitrogens with two attached hydrogens (primary N) is 1. The highest BCUT2D eigenvalue weighted by Crippen LogP contribution is 2.28. The number of fused-ring (bicyclic) bond motifs is 1. The lowest BCUT2D eigenvalue weighted by Gasteiger charge is -2.11. The second kappa shape index (κ2) is 4.52. The van der Waals surface area contributed by atoms with Crippen molar-refractivity contribution < 1.29 is 18.8 Å². The lowest BCUT2D eigenvalue weighted by Crippen LogP contribution is -2.36. The summed E-state index contributed by atoms with van der Waals surface area (Å²) in [6.07, 6.45) is 0. The third-order valence-electron chi connectivity index (χ3n) is 3.22. The Kier molecular flexibility index (Phi) is 2.79. The normalized spacial score (nSPS) is 13.5. The smallest absolute Gasteiger partial charge is 0.270 e. The molecule has 0 bridgehead atoms. The van der Waals surface area contributed by atoms with Gasteiger partial charge in [0.1, 0.15) is 5.82 Å². The summed E-state index contributed by atoms with van der Waals surface area (Å²) in [4.78, 5) is 37.2. The van der Waals surface area contributed by atoms with Crippen LogP contribution >= 0.6 is 0 Å². The number of nitrogen functional groups attached to an aromatic ring is 1. The van der Waals surface area contributed by atoms with Gasteiger partial charge >= 0.3 is 0 Å². The van der Waals surface area contributed by atoms with Crippen LogP contribution in [0.25, 0.3) is 0 Å². The Labute approximate surface area is 118 Å². The average molecular weight is 284 g/mol. The highest BCUT2D eigenvalue weighted by atomic mass is 19.1. The van der Waals surface area contributed by atoms with E-state index in [2.05, 4.69) is 0 Å². The molecule has 0 radical (unpaired) electrons. The molecule has 2 aromatic carbocycles. The number of carbonyl (C=O) groups is 3. The summed E-state index contributed by atoms with van der Waals surface area (Å²) >= 11 is 0. The fraction of sp³-hybridized carbons (Fsp3) is 0. The van der Waals surface area contributed by atoms with Crippen molar-refractivity contribution in [2.75, 3.05) is 5.73 Å². The molecule has 2 aromatic rings. The van der Waals surface area contributed by atoms with Gasteiger partial charge in [0.15, 0.2) is 0 Å². The first kappa shape index (κ1) is 13.0. The van der Waals surface area contributed by atoms with Gasteiger partial charge in [0.05, 0.1) is 11.1 Å². The minimum absolute atomic E-state index is 0.00672. The molecule has 0 aromatic heterocycles. The van der Waals surface area contributed by atoms with E-state index in [1.54, 1.807) is 0 Å². The Morgan fingerprint density at radius 1 is 1.05 bits per heavy atom. The molecule has 1 aliphatic rings. The Hall–Kier alpha value is -3.02. The molecule has 104 valence electrons. The molecule has 0 atom stereocenters. The first-order valence-electron chi connectivity index (χ1n) is 6.08. The molecule has 3 amide bonds. The standard InChI is InChI=1S/C15H9FN2O3/c16-9-4-1-3-8(7-9)13(19)18-14(20)10-5-2-6-11(17)12(10)15(18)21/h1-7H,17H2. The van der Waals surface area contributed by atoms with Gasteiger partial charge in [-0.2, -0.15) is 0 Å². The van der Waals surface area contributed by atoms with Gasteiger partial charge in [0, 0.05) is 11.3 Å². The van der Waals surface area contributed by atoms with Crippen LogP contribution in [-0.2, 0) is 0 Å². The maximum Gasteiger partial charge on any atom is 0.270 e. The maximum atomic E-state index is 13.2. The summed E-state index contributed by atoms with van der Waals surface area (Å²) in [7, 11) is 0. The fourth-order valence-electron chi connectivity index (χ4n) is 2.25. The molecule has 21 heavy (non-hydrogen) atoms. The molecule has 0 aliphatic carbocycles. The number of halogens is 1. The third kappa shape index (κ3) is 1.88. The van der Waals surface area contributed by atoms with Gasteiger partial charge in [-0.05, 0) is 30.3 Å². The predicted molar refractivity (Wildman–Crippen MR) is 72.1 cm³/mol. The van der Waals surface area contributed by atoms with E-state index in [4.69, 9.17) is 5.73 Å². The van der Waals surface area contributed by atoms with Crippen LogP contribution in [0.4, 0.5) is 10.1 Å². The van der Waals surface area contributed by atoms with E-state index in [9.17, 15) is 18.8 Å². The van der Waals surface area contributed by atoms with Gasteiger partial charge < -0.3 is 5.73 Å². The summed E-state index contributed by atoms with van der Waals surface area (Å²) < 4.78 is 13.2.